The first-order chi connectivity index (χ1) is 12.6. The van der Waals surface area contributed by atoms with Gasteiger partial charge in [-0.25, -0.2) is 0 Å². The van der Waals surface area contributed by atoms with Crippen LogP contribution in [0.25, 0.3) is 0 Å². The highest BCUT2D eigenvalue weighted by atomic mass is 16.2. The second-order valence-corrected chi connectivity index (χ2v) is 6.65. The standard InChI is InChI=1S/C20H20N4O2/c1-13-11-14(2)22-19(25)17(13)20(26)24-10-9-23-8-4-6-16(23)18(24)15-5-3-7-21-12-15/h3-8,11-12,18H,9-10H2,1-2H3,(H,22,25)/t18-/m1/s1. The first-order valence-corrected chi connectivity index (χ1v) is 8.62. The van der Waals surface area contributed by atoms with Gasteiger partial charge in [0.2, 0.25) is 0 Å². The molecule has 1 atom stereocenters. The molecular formula is C20H20N4O2. The van der Waals surface area contributed by atoms with Crippen molar-refractivity contribution in [3.63, 3.8) is 0 Å². The molecule has 0 spiro atoms. The summed E-state index contributed by atoms with van der Waals surface area (Å²) in [5, 5.41) is 0. The third-order valence-corrected chi connectivity index (χ3v) is 4.88. The molecule has 0 bridgehead atoms. The molecule has 0 radical (unpaired) electrons. The van der Waals surface area contributed by atoms with Crippen molar-refractivity contribution in [2.45, 2.75) is 26.4 Å². The normalized spacial score (nSPS) is 16.4. The predicted octanol–water partition coefficient (Wildman–Crippen LogP) is 2.43. The van der Waals surface area contributed by atoms with E-state index in [0.29, 0.717) is 18.7 Å². The maximum absolute atomic E-state index is 13.3. The molecule has 0 saturated heterocycles. The molecule has 1 N–H and O–H groups in total. The Hall–Kier alpha value is -3.15. The number of hydrogen-bond acceptors (Lipinski definition) is 3. The molecule has 3 aromatic rings. The van der Waals surface area contributed by atoms with Gasteiger partial charge >= 0.3 is 0 Å². The minimum absolute atomic E-state index is 0.212. The van der Waals surface area contributed by atoms with Crippen LogP contribution < -0.4 is 5.56 Å². The summed E-state index contributed by atoms with van der Waals surface area (Å²) in [5.41, 5.74) is 3.28. The third kappa shape index (κ3) is 2.63. The number of H-pyrrole nitrogens is 1. The van der Waals surface area contributed by atoms with E-state index < -0.39 is 0 Å². The summed E-state index contributed by atoms with van der Waals surface area (Å²) in [7, 11) is 0. The van der Waals surface area contributed by atoms with E-state index in [1.165, 1.54) is 0 Å². The highest BCUT2D eigenvalue weighted by Gasteiger charge is 2.34. The number of aryl methyl sites for hydroxylation is 2. The van der Waals surface area contributed by atoms with E-state index in [1.807, 2.05) is 43.5 Å². The van der Waals surface area contributed by atoms with Gasteiger partial charge in [-0.1, -0.05) is 6.07 Å². The largest absolute Gasteiger partial charge is 0.348 e. The van der Waals surface area contributed by atoms with Gasteiger partial charge in [-0.05, 0) is 49.2 Å². The topological polar surface area (TPSA) is 71.0 Å². The predicted molar refractivity (Wildman–Crippen MR) is 98.1 cm³/mol. The fraction of sp³-hybridized carbons (Fsp3) is 0.250. The first-order valence-electron chi connectivity index (χ1n) is 8.62. The van der Waals surface area contributed by atoms with Gasteiger partial charge in [-0.3, -0.25) is 14.6 Å². The molecule has 26 heavy (non-hydrogen) atoms. The van der Waals surface area contributed by atoms with Crippen LogP contribution in [0.4, 0.5) is 0 Å². The van der Waals surface area contributed by atoms with Crippen LogP contribution in [0.2, 0.25) is 0 Å². The van der Waals surface area contributed by atoms with Crippen LogP contribution in [0.15, 0.2) is 53.7 Å². The first kappa shape index (κ1) is 16.3. The van der Waals surface area contributed by atoms with E-state index in [1.54, 1.807) is 24.2 Å². The maximum Gasteiger partial charge on any atom is 0.261 e. The van der Waals surface area contributed by atoms with Gasteiger partial charge < -0.3 is 14.5 Å². The number of aromatic amines is 1. The zero-order valence-electron chi connectivity index (χ0n) is 14.8. The molecule has 0 aromatic carbocycles. The Morgan fingerprint density at radius 3 is 2.81 bits per heavy atom. The van der Waals surface area contributed by atoms with Crippen molar-refractivity contribution >= 4 is 5.91 Å². The summed E-state index contributed by atoms with van der Waals surface area (Å²) < 4.78 is 2.15. The number of nitrogens with one attached hydrogen (secondary N) is 1. The number of nitrogens with zero attached hydrogens (tertiary/aromatic N) is 3. The van der Waals surface area contributed by atoms with E-state index >= 15 is 0 Å². The van der Waals surface area contributed by atoms with Gasteiger partial charge in [0.1, 0.15) is 5.56 Å². The Bertz CT molecular complexity index is 1020. The number of amides is 1. The molecule has 6 nitrogen and oxygen atoms in total. The Kier molecular flexibility index (Phi) is 3.95. The highest BCUT2D eigenvalue weighted by Crippen LogP contribution is 2.33. The molecule has 4 heterocycles. The molecule has 0 aliphatic carbocycles. The number of fused-ring (bicyclic) bond motifs is 1. The fourth-order valence-electron chi connectivity index (χ4n) is 3.75. The number of carbonyl (C=O) groups excluding carboxylic acids is 1. The molecule has 0 unspecified atom stereocenters. The summed E-state index contributed by atoms with van der Waals surface area (Å²) >= 11 is 0. The van der Waals surface area contributed by atoms with Gasteiger partial charge in [0.25, 0.3) is 11.5 Å². The van der Waals surface area contributed by atoms with E-state index in [2.05, 4.69) is 14.5 Å². The van der Waals surface area contributed by atoms with E-state index in [-0.39, 0.29) is 23.1 Å². The van der Waals surface area contributed by atoms with Crippen molar-refractivity contribution in [2.75, 3.05) is 6.54 Å². The van der Waals surface area contributed by atoms with Gasteiger partial charge in [0, 0.05) is 43.1 Å². The highest BCUT2D eigenvalue weighted by molar-refractivity contribution is 5.95. The molecule has 0 saturated carbocycles. The Balaban J connectivity index is 1.83. The van der Waals surface area contributed by atoms with Crippen LogP contribution in [0.5, 0.6) is 0 Å². The molecular weight excluding hydrogens is 328 g/mol. The third-order valence-electron chi connectivity index (χ3n) is 4.88. The van der Waals surface area contributed by atoms with E-state index in [0.717, 1.165) is 17.0 Å². The molecule has 6 heteroatoms. The van der Waals surface area contributed by atoms with Crippen LogP contribution in [0.3, 0.4) is 0 Å². The van der Waals surface area contributed by atoms with Gasteiger partial charge in [0.15, 0.2) is 0 Å². The molecule has 1 amide bonds. The van der Waals surface area contributed by atoms with E-state index in [9.17, 15) is 9.59 Å². The van der Waals surface area contributed by atoms with Crippen molar-refractivity contribution < 1.29 is 4.79 Å². The van der Waals surface area contributed by atoms with Crippen LogP contribution in [-0.2, 0) is 6.54 Å². The Labute approximate surface area is 151 Å². The quantitative estimate of drug-likeness (QED) is 0.773. The minimum atomic E-state index is -0.335. The summed E-state index contributed by atoms with van der Waals surface area (Å²) in [6.07, 6.45) is 5.51. The van der Waals surface area contributed by atoms with Crippen LogP contribution in [0.1, 0.15) is 38.9 Å². The van der Waals surface area contributed by atoms with Gasteiger partial charge in [-0.15, -0.1) is 0 Å². The van der Waals surface area contributed by atoms with Crippen LogP contribution >= 0.6 is 0 Å². The summed E-state index contributed by atoms with van der Waals surface area (Å²) in [6.45, 7) is 4.86. The van der Waals surface area contributed by atoms with Crippen molar-refractivity contribution in [2.24, 2.45) is 0 Å². The summed E-state index contributed by atoms with van der Waals surface area (Å²) in [4.78, 5) is 34.5. The van der Waals surface area contributed by atoms with Crippen molar-refractivity contribution in [1.82, 2.24) is 19.4 Å². The number of rotatable bonds is 2. The molecule has 0 fully saturated rings. The maximum atomic E-state index is 13.3. The molecule has 1 aliphatic heterocycles. The monoisotopic (exact) mass is 348 g/mol. The zero-order valence-corrected chi connectivity index (χ0v) is 14.8. The van der Waals surface area contributed by atoms with Crippen molar-refractivity contribution in [3.8, 4) is 0 Å². The SMILES string of the molecule is Cc1cc(C)c(C(=O)N2CCn3cccc3[C@H]2c2cccnc2)c(=O)[nH]1. The Morgan fingerprint density at radius 2 is 2.08 bits per heavy atom. The lowest BCUT2D eigenvalue weighted by Gasteiger charge is -2.37. The lowest BCUT2D eigenvalue weighted by atomic mass is 9.99. The lowest BCUT2D eigenvalue weighted by molar-refractivity contribution is 0.0661. The van der Waals surface area contributed by atoms with E-state index in [4.69, 9.17) is 0 Å². The lowest BCUT2D eigenvalue weighted by Crippen LogP contribution is -2.44. The van der Waals surface area contributed by atoms with Gasteiger partial charge in [-0.2, -0.15) is 0 Å². The molecule has 4 rings (SSSR count). The summed E-state index contributed by atoms with van der Waals surface area (Å²) in [6, 6.07) is 9.40. The molecule has 1 aliphatic rings. The average Bonchev–Trinajstić information content (AvgIpc) is 3.09. The number of hydrogen-bond donors (Lipinski definition) is 1. The zero-order chi connectivity index (χ0) is 18.3. The number of aromatic nitrogens is 3. The number of pyridine rings is 2. The molecule has 132 valence electrons. The second kappa shape index (κ2) is 6.29. The summed E-state index contributed by atoms with van der Waals surface area (Å²) in [5.74, 6) is -0.245. The van der Waals surface area contributed by atoms with Gasteiger partial charge in [0.05, 0.1) is 6.04 Å². The van der Waals surface area contributed by atoms with Crippen molar-refractivity contribution in [1.29, 1.82) is 0 Å². The average molecular weight is 348 g/mol. The number of carbonyl (C=O) groups is 1. The fourth-order valence-corrected chi connectivity index (χ4v) is 3.75. The van der Waals surface area contributed by atoms with Crippen LogP contribution in [-0.4, -0.2) is 31.9 Å². The van der Waals surface area contributed by atoms with Crippen molar-refractivity contribution in [3.05, 3.63) is 87.4 Å². The smallest absolute Gasteiger partial charge is 0.261 e. The minimum Gasteiger partial charge on any atom is -0.348 e. The van der Waals surface area contributed by atoms with Crippen LogP contribution in [0, 0.1) is 13.8 Å². The second-order valence-electron chi connectivity index (χ2n) is 6.65. The molecule has 3 aromatic heterocycles. The Morgan fingerprint density at radius 1 is 1.23 bits per heavy atom.